The first-order chi connectivity index (χ1) is 8.69. The molecule has 4 heteroatoms. The molecule has 19 heavy (non-hydrogen) atoms. The Hall–Kier alpha value is -1.58. The van der Waals surface area contributed by atoms with Crippen LogP contribution in [0, 0.1) is 5.82 Å². The van der Waals surface area contributed by atoms with E-state index in [4.69, 9.17) is 4.74 Å². The molecule has 0 fully saturated rings. The predicted octanol–water partition coefficient (Wildman–Crippen LogP) is 3.97. The minimum absolute atomic E-state index is 0.146. The smallest absolute Gasteiger partial charge is 0.407 e. The number of carbonyl (C=O) groups excluding carboxylic acids is 1. The van der Waals surface area contributed by atoms with Crippen LogP contribution in [0.5, 0.6) is 0 Å². The average Bonchev–Trinajstić information content (AvgIpc) is 2.23. The summed E-state index contributed by atoms with van der Waals surface area (Å²) in [5.41, 5.74) is 0.866. The van der Waals surface area contributed by atoms with Crippen molar-refractivity contribution in [1.29, 1.82) is 0 Å². The molecule has 1 aromatic carbocycles. The van der Waals surface area contributed by atoms with Crippen molar-refractivity contribution in [2.75, 3.05) is 0 Å². The van der Waals surface area contributed by atoms with E-state index in [0.29, 0.717) is 11.1 Å². The summed E-state index contributed by atoms with van der Waals surface area (Å²) < 4.78 is 18.9. The van der Waals surface area contributed by atoms with Crippen LogP contribution < -0.4 is 5.32 Å². The van der Waals surface area contributed by atoms with Gasteiger partial charge in [-0.05, 0) is 43.9 Å². The van der Waals surface area contributed by atoms with Crippen LogP contribution in [0.25, 0.3) is 0 Å². The summed E-state index contributed by atoms with van der Waals surface area (Å²) in [6.07, 6.45) is -0.499. The highest BCUT2D eigenvalue weighted by atomic mass is 19.1. The number of hydrogen-bond donors (Lipinski definition) is 1. The van der Waals surface area contributed by atoms with E-state index >= 15 is 0 Å². The molecule has 0 heterocycles. The van der Waals surface area contributed by atoms with E-state index in [-0.39, 0.29) is 18.3 Å². The standard InChI is InChI=1S/C15H22FNO2/c1-10(2)12-7-6-11(8-13(12)16)9-17-14(18)19-15(3,4)5/h6-8,10H,9H2,1-5H3,(H,17,18). The molecule has 1 amide bonds. The number of alkyl carbamates (subject to hydrolysis) is 1. The Morgan fingerprint density at radius 2 is 2.00 bits per heavy atom. The molecule has 1 N–H and O–H groups in total. The van der Waals surface area contributed by atoms with Gasteiger partial charge in [0, 0.05) is 6.54 Å². The van der Waals surface area contributed by atoms with Crippen LogP contribution in [0.2, 0.25) is 0 Å². The summed E-state index contributed by atoms with van der Waals surface area (Å²) in [5.74, 6) is -0.0913. The number of benzene rings is 1. The summed E-state index contributed by atoms with van der Waals surface area (Å²) >= 11 is 0. The van der Waals surface area contributed by atoms with Crippen LogP contribution in [0.4, 0.5) is 9.18 Å². The maximum Gasteiger partial charge on any atom is 0.407 e. The van der Waals surface area contributed by atoms with Crippen molar-refractivity contribution < 1.29 is 13.9 Å². The third-order valence-electron chi connectivity index (χ3n) is 2.52. The second-order valence-corrected chi connectivity index (χ2v) is 5.87. The van der Waals surface area contributed by atoms with Gasteiger partial charge in [0.05, 0.1) is 0 Å². The van der Waals surface area contributed by atoms with E-state index in [1.54, 1.807) is 26.8 Å². The molecule has 0 bridgehead atoms. The lowest BCUT2D eigenvalue weighted by molar-refractivity contribution is 0.0523. The zero-order valence-electron chi connectivity index (χ0n) is 12.2. The Labute approximate surface area is 114 Å². The van der Waals surface area contributed by atoms with Gasteiger partial charge in [-0.1, -0.05) is 26.0 Å². The second-order valence-electron chi connectivity index (χ2n) is 5.87. The van der Waals surface area contributed by atoms with Gasteiger partial charge in [-0.3, -0.25) is 0 Å². The van der Waals surface area contributed by atoms with Crippen LogP contribution in [0.1, 0.15) is 51.7 Å². The second kappa shape index (κ2) is 6.04. The largest absolute Gasteiger partial charge is 0.444 e. The number of rotatable bonds is 3. The summed E-state index contributed by atoms with van der Waals surface area (Å²) in [4.78, 5) is 11.5. The maximum atomic E-state index is 13.8. The minimum Gasteiger partial charge on any atom is -0.444 e. The summed E-state index contributed by atoms with van der Waals surface area (Å²) in [6, 6.07) is 5.02. The third-order valence-corrected chi connectivity index (χ3v) is 2.52. The molecule has 0 unspecified atom stereocenters. The monoisotopic (exact) mass is 267 g/mol. The normalized spacial score (nSPS) is 11.5. The summed E-state index contributed by atoms with van der Waals surface area (Å²) in [7, 11) is 0. The molecule has 1 aromatic rings. The van der Waals surface area contributed by atoms with Crippen molar-refractivity contribution >= 4 is 6.09 Å². The van der Waals surface area contributed by atoms with Crippen LogP contribution >= 0.6 is 0 Å². The van der Waals surface area contributed by atoms with Crippen molar-refractivity contribution in [3.05, 3.63) is 35.1 Å². The molecule has 0 saturated carbocycles. The summed E-state index contributed by atoms with van der Waals surface area (Å²) in [6.45, 7) is 9.52. The molecule has 3 nitrogen and oxygen atoms in total. The van der Waals surface area contributed by atoms with Gasteiger partial charge in [0.25, 0.3) is 0 Å². The summed E-state index contributed by atoms with van der Waals surface area (Å²) in [5, 5.41) is 2.60. The molecule has 0 aromatic heterocycles. The van der Waals surface area contributed by atoms with Crippen LogP contribution in [-0.2, 0) is 11.3 Å². The van der Waals surface area contributed by atoms with Crippen LogP contribution in [0.15, 0.2) is 18.2 Å². The molecule has 0 saturated heterocycles. The zero-order valence-corrected chi connectivity index (χ0v) is 12.2. The van der Waals surface area contributed by atoms with Gasteiger partial charge in [0.15, 0.2) is 0 Å². The first kappa shape index (κ1) is 15.5. The minimum atomic E-state index is -0.531. The molecule has 0 atom stereocenters. The molecule has 0 aliphatic rings. The number of nitrogens with one attached hydrogen (secondary N) is 1. The molecular weight excluding hydrogens is 245 g/mol. The number of hydrogen-bond acceptors (Lipinski definition) is 2. The number of ether oxygens (including phenoxy) is 1. The fourth-order valence-electron chi connectivity index (χ4n) is 1.64. The van der Waals surface area contributed by atoms with Crippen LogP contribution in [0.3, 0.4) is 0 Å². The maximum absolute atomic E-state index is 13.8. The topological polar surface area (TPSA) is 38.3 Å². The highest BCUT2D eigenvalue weighted by Gasteiger charge is 2.16. The van der Waals surface area contributed by atoms with E-state index in [1.165, 1.54) is 6.07 Å². The molecule has 0 spiro atoms. The third kappa shape index (κ3) is 5.28. The van der Waals surface area contributed by atoms with E-state index in [9.17, 15) is 9.18 Å². The Morgan fingerprint density at radius 1 is 1.37 bits per heavy atom. The highest BCUT2D eigenvalue weighted by Crippen LogP contribution is 2.19. The van der Waals surface area contributed by atoms with E-state index in [0.717, 1.165) is 0 Å². The predicted molar refractivity (Wildman–Crippen MR) is 73.6 cm³/mol. The Balaban J connectivity index is 2.59. The molecule has 106 valence electrons. The Morgan fingerprint density at radius 3 is 2.47 bits per heavy atom. The lowest BCUT2D eigenvalue weighted by Crippen LogP contribution is -2.32. The highest BCUT2D eigenvalue weighted by molar-refractivity contribution is 5.67. The van der Waals surface area contributed by atoms with Crippen LogP contribution in [-0.4, -0.2) is 11.7 Å². The molecule has 0 aliphatic carbocycles. The quantitative estimate of drug-likeness (QED) is 0.899. The number of amides is 1. The molecule has 1 rings (SSSR count). The lowest BCUT2D eigenvalue weighted by Gasteiger charge is -2.19. The van der Waals surface area contributed by atoms with Gasteiger partial charge in [-0.2, -0.15) is 0 Å². The molecule has 0 radical (unpaired) electrons. The van der Waals surface area contributed by atoms with Gasteiger partial charge < -0.3 is 10.1 Å². The fraction of sp³-hybridized carbons (Fsp3) is 0.533. The molecule has 0 aliphatic heterocycles. The Bertz CT molecular complexity index is 450. The van der Waals surface area contributed by atoms with E-state index < -0.39 is 11.7 Å². The molecular formula is C15H22FNO2. The number of halogens is 1. The van der Waals surface area contributed by atoms with Crippen molar-refractivity contribution in [3.8, 4) is 0 Å². The van der Waals surface area contributed by atoms with Crippen molar-refractivity contribution in [2.45, 2.75) is 52.7 Å². The van der Waals surface area contributed by atoms with E-state index in [1.807, 2.05) is 19.9 Å². The van der Waals surface area contributed by atoms with Gasteiger partial charge >= 0.3 is 6.09 Å². The van der Waals surface area contributed by atoms with Gasteiger partial charge in [-0.25, -0.2) is 9.18 Å². The van der Waals surface area contributed by atoms with Crippen molar-refractivity contribution in [1.82, 2.24) is 5.32 Å². The first-order valence-corrected chi connectivity index (χ1v) is 6.44. The van der Waals surface area contributed by atoms with Gasteiger partial charge in [0.1, 0.15) is 11.4 Å². The van der Waals surface area contributed by atoms with E-state index in [2.05, 4.69) is 5.32 Å². The SMILES string of the molecule is CC(C)c1ccc(CNC(=O)OC(C)(C)C)cc1F. The number of carbonyl (C=O) groups is 1. The Kier molecular flexibility index (Phi) is 4.92. The van der Waals surface area contributed by atoms with Crippen molar-refractivity contribution in [2.24, 2.45) is 0 Å². The van der Waals surface area contributed by atoms with Crippen molar-refractivity contribution in [3.63, 3.8) is 0 Å². The first-order valence-electron chi connectivity index (χ1n) is 6.44. The van der Waals surface area contributed by atoms with Gasteiger partial charge in [-0.15, -0.1) is 0 Å². The lowest BCUT2D eigenvalue weighted by atomic mass is 10.0. The fourth-order valence-corrected chi connectivity index (χ4v) is 1.64. The zero-order chi connectivity index (χ0) is 14.6. The average molecular weight is 267 g/mol. The van der Waals surface area contributed by atoms with Gasteiger partial charge in [0.2, 0.25) is 0 Å².